The van der Waals surface area contributed by atoms with Crippen LogP contribution in [0.2, 0.25) is 0 Å². The van der Waals surface area contributed by atoms with E-state index in [1.165, 1.54) is 6.07 Å². The fraction of sp³-hybridized carbons (Fsp3) is 0.231. The maximum absolute atomic E-state index is 13.7. The van der Waals surface area contributed by atoms with Crippen molar-refractivity contribution in [3.05, 3.63) is 66.5 Å². The predicted molar refractivity (Wildman–Crippen MR) is 127 cm³/mol. The number of fused-ring (bicyclic) bond motifs is 2. The molecule has 0 atom stereocenters. The second kappa shape index (κ2) is 8.66. The number of carbonyl (C=O) groups excluding carboxylic acids is 1. The van der Waals surface area contributed by atoms with Crippen molar-refractivity contribution in [1.29, 1.82) is 0 Å². The van der Waals surface area contributed by atoms with Gasteiger partial charge in [0.25, 0.3) is 5.91 Å². The lowest BCUT2D eigenvalue weighted by molar-refractivity contribution is -0.286. The summed E-state index contributed by atoms with van der Waals surface area (Å²) in [4.78, 5) is 22.3. The van der Waals surface area contributed by atoms with Crippen LogP contribution in [0.3, 0.4) is 0 Å². The first kappa shape index (κ1) is 22.8. The van der Waals surface area contributed by atoms with Gasteiger partial charge in [0.1, 0.15) is 5.65 Å². The largest absolute Gasteiger partial charge is 0.586 e. The summed E-state index contributed by atoms with van der Waals surface area (Å²) in [7, 11) is 0. The molecule has 1 amide bonds. The number of rotatable bonds is 3. The van der Waals surface area contributed by atoms with Crippen LogP contribution < -0.4 is 9.47 Å². The quantitative estimate of drug-likeness (QED) is 0.430. The van der Waals surface area contributed by atoms with Crippen molar-refractivity contribution in [2.75, 3.05) is 26.3 Å². The van der Waals surface area contributed by atoms with Crippen molar-refractivity contribution >= 4 is 16.9 Å². The van der Waals surface area contributed by atoms with Crippen LogP contribution in [0, 0.1) is 0 Å². The number of nitrogens with zero attached hydrogens (tertiary/aromatic N) is 2. The van der Waals surface area contributed by atoms with Crippen LogP contribution in [0.15, 0.2) is 60.9 Å². The molecule has 0 radical (unpaired) electrons. The summed E-state index contributed by atoms with van der Waals surface area (Å²) in [6, 6.07) is 14.1. The maximum Gasteiger partial charge on any atom is 0.586 e. The molecule has 2 aromatic heterocycles. The van der Waals surface area contributed by atoms with E-state index in [4.69, 9.17) is 9.47 Å². The Bertz CT molecular complexity index is 1410. The van der Waals surface area contributed by atoms with E-state index >= 15 is 0 Å². The first-order valence-corrected chi connectivity index (χ1v) is 10.8. The zero-order valence-electron chi connectivity index (χ0n) is 17.9. The number of morpholine rings is 1. The van der Waals surface area contributed by atoms with Gasteiger partial charge in [0.15, 0.2) is 11.5 Å². The molecule has 4 heterocycles. The van der Waals surface area contributed by atoms with Gasteiger partial charge in [-0.15, -0.1) is 8.78 Å². The third kappa shape index (κ3) is 4.08. The van der Waals surface area contributed by atoms with Crippen molar-refractivity contribution in [3.63, 3.8) is 0 Å². The number of halogens is 2. The fourth-order valence-corrected chi connectivity index (χ4v) is 4.35. The van der Waals surface area contributed by atoms with E-state index < -0.39 is 6.29 Å². The van der Waals surface area contributed by atoms with Crippen molar-refractivity contribution in [1.82, 2.24) is 14.9 Å². The maximum atomic E-state index is 13.7. The standard InChI is InChI=1S/C25H19F2N3O4.CH4/c26-25(27)33-21-6-2-5-18(22(21)34-25)20-14-29-23-19(20)12-17(13-28-23)15-3-1-4-16(11-15)24(31)30-7-9-32-10-8-30;/h1-6,11-14H,7-10H2,(H,28,29);1H4. The van der Waals surface area contributed by atoms with Gasteiger partial charge in [-0.25, -0.2) is 4.98 Å². The summed E-state index contributed by atoms with van der Waals surface area (Å²) < 4.78 is 42.1. The van der Waals surface area contributed by atoms with Gasteiger partial charge in [0.2, 0.25) is 0 Å². The van der Waals surface area contributed by atoms with Crippen LogP contribution >= 0.6 is 0 Å². The normalized spacial score (nSPS) is 16.2. The van der Waals surface area contributed by atoms with E-state index in [1.807, 2.05) is 24.3 Å². The van der Waals surface area contributed by atoms with Crippen LogP contribution in [-0.2, 0) is 4.74 Å². The summed E-state index contributed by atoms with van der Waals surface area (Å²) in [6.07, 6.45) is -0.291. The summed E-state index contributed by atoms with van der Waals surface area (Å²) >= 11 is 0. The van der Waals surface area contributed by atoms with E-state index in [1.54, 1.807) is 35.5 Å². The molecule has 1 N–H and O–H groups in total. The van der Waals surface area contributed by atoms with Crippen LogP contribution in [0.25, 0.3) is 33.3 Å². The molecule has 2 aromatic carbocycles. The summed E-state index contributed by atoms with van der Waals surface area (Å²) in [5.74, 6) is -0.0772. The molecule has 7 nitrogen and oxygen atoms in total. The molecule has 1 fully saturated rings. The Labute approximate surface area is 200 Å². The number of pyridine rings is 1. The van der Waals surface area contributed by atoms with Gasteiger partial charge < -0.3 is 24.1 Å². The Hall–Kier alpha value is -3.98. The first-order valence-electron chi connectivity index (χ1n) is 10.8. The van der Waals surface area contributed by atoms with Crippen LogP contribution in [0.5, 0.6) is 11.5 Å². The van der Waals surface area contributed by atoms with Gasteiger partial charge in [-0.05, 0) is 29.8 Å². The number of H-pyrrole nitrogens is 1. The number of alkyl halides is 2. The van der Waals surface area contributed by atoms with Gasteiger partial charge in [-0.1, -0.05) is 31.7 Å². The minimum atomic E-state index is -3.71. The molecule has 0 saturated carbocycles. The fourth-order valence-electron chi connectivity index (χ4n) is 4.35. The highest BCUT2D eigenvalue weighted by Gasteiger charge is 2.44. The zero-order valence-corrected chi connectivity index (χ0v) is 17.9. The molecule has 6 rings (SSSR count). The van der Waals surface area contributed by atoms with Gasteiger partial charge in [-0.2, -0.15) is 0 Å². The molecular formula is C26H23F2N3O4. The molecule has 0 spiro atoms. The number of carbonyl (C=O) groups is 1. The van der Waals surface area contributed by atoms with E-state index in [9.17, 15) is 13.6 Å². The molecule has 35 heavy (non-hydrogen) atoms. The molecule has 2 aliphatic rings. The van der Waals surface area contributed by atoms with E-state index in [2.05, 4.69) is 14.7 Å². The average Bonchev–Trinajstić information content (AvgIpc) is 3.42. The SMILES string of the molecule is C.O=C(c1cccc(-c2cnc3[nH]cc(-c4cccc5c4OC(F)(F)O5)c3c2)c1)N1CCOCC1. The van der Waals surface area contributed by atoms with Gasteiger partial charge >= 0.3 is 6.29 Å². The number of hydrogen-bond acceptors (Lipinski definition) is 5. The van der Waals surface area contributed by atoms with Gasteiger partial charge in [0.05, 0.1) is 13.2 Å². The summed E-state index contributed by atoms with van der Waals surface area (Å²) in [6.45, 7) is 2.20. The van der Waals surface area contributed by atoms with Crippen molar-refractivity contribution in [3.8, 4) is 33.8 Å². The highest BCUT2D eigenvalue weighted by atomic mass is 19.3. The van der Waals surface area contributed by atoms with Gasteiger partial charge in [-0.3, -0.25) is 4.79 Å². The Morgan fingerprint density at radius 2 is 1.80 bits per heavy atom. The van der Waals surface area contributed by atoms with E-state index in [-0.39, 0.29) is 24.8 Å². The smallest absolute Gasteiger partial charge is 0.395 e. The Kier molecular flexibility index (Phi) is 5.64. The molecular weight excluding hydrogens is 456 g/mol. The molecule has 180 valence electrons. The number of aromatic nitrogens is 2. The second-order valence-electron chi connectivity index (χ2n) is 8.11. The molecule has 4 aromatic rings. The lowest BCUT2D eigenvalue weighted by atomic mass is 10.00. The van der Waals surface area contributed by atoms with E-state index in [0.29, 0.717) is 48.6 Å². The van der Waals surface area contributed by atoms with Crippen molar-refractivity contribution < 1.29 is 27.8 Å². The Morgan fingerprint density at radius 1 is 1.00 bits per heavy atom. The van der Waals surface area contributed by atoms with Crippen LogP contribution in [0.1, 0.15) is 17.8 Å². The second-order valence-corrected chi connectivity index (χ2v) is 8.11. The number of para-hydroxylation sites is 1. The summed E-state index contributed by atoms with van der Waals surface area (Å²) in [5, 5.41) is 0.731. The van der Waals surface area contributed by atoms with Crippen molar-refractivity contribution in [2.24, 2.45) is 0 Å². The topological polar surface area (TPSA) is 76.7 Å². The number of hydrogen-bond donors (Lipinski definition) is 1. The lowest BCUT2D eigenvalue weighted by Crippen LogP contribution is -2.40. The number of benzene rings is 2. The number of nitrogens with one attached hydrogen (secondary N) is 1. The number of ether oxygens (including phenoxy) is 3. The number of amides is 1. The lowest BCUT2D eigenvalue weighted by Gasteiger charge is -2.27. The van der Waals surface area contributed by atoms with Crippen LogP contribution in [0.4, 0.5) is 8.78 Å². The molecule has 1 saturated heterocycles. The highest BCUT2D eigenvalue weighted by molar-refractivity contribution is 5.99. The first-order chi connectivity index (χ1) is 16.5. The van der Waals surface area contributed by atoms with Crippen molar-refractivity contribution in [2.45, 2.75) is 13.7 Å². The minimum absolute atomic E-state index is 0. The molecule has 9 heteroatoms. The Balaban J connectivity index is 0.00000253. The predicted octanol–water partition coefficient (Wildman–Crippen LogP) is 5.33. The third-order valence-electron chi connectivity index (χ3n) is 5.99. The molecule has 2 aliphatic heterocycles. The zero-order chi connectivity index (χ0) is 23.3. The number of aromatic amines is 1. The molecule has 0 aliphatic carbocycles. The third-order valence-corrected chi connectivity index (χ3v) is 5.99. The average molecular weight is 479 g/mol. The van der Waals surface area contributed by atoms with E-state index in [0.717, 1.165) is 16.5 Å². The molecule has 0 bridgehead atoms. The van der Waals surface area contributed by atoms with Gasteiger partial charge in [0, 0.05) is 53.1 Å². The monoisotopic (exact) mass is 479 g/mol. The minimum Gasteiger partial charge on any atom is -0.395 e. The highest BCUT2D eigenvalue weighted by Crippen LogP contribution is 2.48. The molecule has 0 unspecified atom stereocenters. The Morgan fingerprint density at radius 3 is 2.63 bits per heavy atom. The summed E-state index contributed by atoms with van der Waals surface area (Å²) in [5.41, 5.74) is 3.93. The van der Waals surface area contributed by atoms with Crippen LogP contribution in [-0.4, -0.2) is 53.4 Å².